The summed E-state index contributed by atoms with van der Waals surface area (Å²) in [6.07, 6.45) is 0.524. The van der Waals surface area contributed by atoms with Gasteiger partial charge in [-0.05, 0) is 13.3 Å². The third-order valence-corrected chi connectivity index (χ3v) is 2.99. The first kappa shape index (κ1) is 12.5. The zero-order valence-electron chi connectivity index (χ0n) is 10.5. The molecule has 18 heavy (non-hydrogen) atoms. The van der Waals surface area contributed by atoms with E-state index in [2.05, 4.69) is 5.16 Å². The summed E-state index contributed by atoms with van der Waals surface area (Å²) in [4.78, 5) is 29.4. The molecule has 4 nitrogen and oxygen atoms in total. The molecule has 0 spiro atoms. The lowest BCUT2D eigenvalue weighted by atomic mass is 9.96. The maximum atomic E-state index is 12.2. The van der Waals surface area contributed by atoms with Crippen LogP contribution >= 0.6 is 0 Å². The molecule has 0 atom stereocenters. The van der Waals surface area contributed by atoms with Crippen LogP contribution in [0.4, 0.5) is 0 Å². The Labute approximate surface area is 106 Å². The second kappa shape index (κ2) is 5.12. The van der Waals surface area contributed by atoms with E-state index in [1.165, 1.54) is 0 Å². The Bertz CT molecular complexity index is 485. The molecule has 0 unspecified atom stereocenters. The molecule has 0 saturated carbocycles. The van der Waals surface area contributed by atoms with E-state index < -0.39 is 5.92 Å². The van der Waals surface area contributed by atoms with E-state index >= 15 is 0 Å². The topological polar surface area (TPSA) is 55.7 Å². The summed E-state index contributed by atoms with van der Waals surface area (Å²) in [6.45, 7) is 4.09. The fourth-order valence-corrected chi connectivity index (χ4v) is 2.11. The van der Waals surface area contributed by atoms with E-state index in [1.54, 1.807) is 24.3 Å². The monoisotopic (exact) mass is 245 g/mol. The maximum Gasteiger partial charge on any atom is 0.180 e. The molecule has 1 aromatic carbocycles. The van der Waals surface area contributed by atoms with Gasteiger partial charge in [0.25, 0.3) is 0 Å². The van der Waals surface area contributed by atoms with Crippen molar-refractivity contribution >= 4 is 17.3 Å². The summed E-state index contributed by atoms with van der Waals surface area (Å²) in [7, 11) is 0. The quantitative estimate of drug-likeness (QED) is 0.465. The van der Waals surface area contributed by atoms with Gasteiger partial charge >= 0.3 is 0 Å². The zero-order valence-corrected chi connectivity index (χ0v) is 10.5. The average molecular weight is 245 g/mol. The summed E-state index contributed by atoms with van der Waals surface area (Å²) in [6, 6.07) is 6.89. The van der Waals surface area contributed by atoms with Crippen molar-refractivity contribution in [3.05, 3.63) is 35.4 Å². The van der Waals surface area contributed by atoms with Gasteiger partial charge in [0.15, 0.2) is 11.6 Å². The average Bonchev–Trinajstić information content (AvgIpc) is 2.65. The second-order valence-electron chi connectivity index (χ2n) is 4.06. The Balaban J connectivity index is 2.38. The van der Waals surface area contributed by atoms with Crippen LogP contribution in [0.1, 0.15) is 41.0 Å². The number of rotatable bonds is 4. The molecule has 0 bridgehead atoms. The Morgan fingerprint density at radius 3 is 2.17 bits per heavy atom. The van der Waals surface area contributed by atoms with Crippen molar-refractivity contribution in [1.82, 2.24) is 0 Å². The van der Waals surface area contributed by atoms with Crippen LogP contribution in [-0.4, -0.2) is 23.9 Å². The van der Waals surface area contributed by atoms with Gasteiger partial charge in [0.05, 0.1) is 5.71 Å². The van der Waals surface area contributed by atoms with Gasteiger partial charge in [0, 0.05) is 11.1 Å². The number of hydrogen-bond donors (Lipinski definition) is 0. The van der Waals surface area contributed by atoms with E-state index in [9.17, 15) is 9.59 Å². The molecule has 1 aliphatic rings. The molecule has 0 N–H and O–H groups in total. The second-order valence-corrected chi connectivity index (χ2v) is 4.06. The lowest BCUT2D eigenvalue weighted by Crippen LogP contribution is -2.25. The van der Waals surface area contributed by atoms with Gasteiger partial charge in [0.2, 0.25) is 0 Å². The summed E-state index contributed by atoms with van der Waals surface area (Å²) >= 11 is 0. The third kappa shape index (κ3) is 1.94. The molecule has 0 amide bonds. The predicted molar refractivity (Wildman–Crippen MR) is 67.9 cm³/mol. The highest BCUT2D eigenvalue weighted by molar-refractivity contribution is 6.36. The fraction of sp³-hybridized carbons (Fsp3) is 0.357. The largest absolute Gasteiger partial charge is 0.396 e. The van der Waals surface area contributed by atoms with Gasteiger partial charge in [-0.3, -0.25) is 9.59 Å². The van der Waals surface area contributed by atoms with E-state index in [1.807, 2.05) is 13.8 Å². The smallest absolute Gasteiger partial charge is 0.180 e. The standard InChI is InChI=1S/C14H15NO3/c1-3-11(15-18-4-2)12-13(16)9-7-5-6-8-10(9)14(12)17/h5-8,12H,3-4H2,1-2H3/b15-11+. The Hall–Kier alpha value is -1.97. The molecule has 1 aliphatic carbocycles. The zero-order chi connectivity index (χ0) is 13.1. The minimum Gasteiger partial charge on any atom is -0.396 e. The van der Waals surface area contributed by atoms with Gasteiger partial charge < -0.3 is 4.84 Å². The predicted octanol–water partition coefficient (Wildman–Crippen LogP) is 2.48. The van der Waals surface area contributed by atoms with Gasteiger partial charge in [0.1, 0.15) is 12.5 Å². The number of fused-ring (bicyclic) bond motifs is 1. The van der Waals surface area contributed by atoms with Crippen LogP contribution in [0.3, 0.4) is 0 Å². The molecule has 94 valence electrons. The minimum atomic E-state index is -0.793. The van der Waals surface area contributed by atoms with Crippen LogP contribution in [-0.2, 0) is 4.84 Å². The summed E-state index contributed by atoms with van der Waals surface area (Å²) in [5.74, 6) is -1.13. The molecule has 2 rings (SSSR count). The van der Waals surface area contributed by atoms with Crippen LogP contribution < -0.4 is 0 Å². The molecule has 0 aliphatic heterocycles. The van der Waals surface area contributed by atoms with Crippen molar-refractivity contribution in [2.75, 3.05) is 6.61 Å². The van der Waals surface area contributed by atoms with Gasteiger partial charge in [-0.25, -0.2) is 0 Å². The van der Waals surface area contributed by atoms with Gasteiger partial charge in [-0.15, -0.1) is 0 Å². The van der Waals surface area contributed by atoms with Crippen LogP contribution in [0.5, 0.6) is 0 Å². The summed E-state index contributed by atoms with van der Waals surface area (Å²) in [5, 5.41) is 3.90. The first-order valence-electron chi connectivity index (χ1n) is 6.06. The van der Waals surface area contributed by atoms with E-state index in [0.717, 1.165) is 0 Å². The number of hydrogen-bond acceptors (Lipinski definition) is 4. The fourth-order valence-electron chi connectivity index (χ4n) is 2.11. The highest BCUT2D eigenvalue weighted by Crippen LogP contribution is 2.28. The Kier molecular flexibility index (Phi) is 3.55. The minimum absolute atomic E-state index is 0.170. The number of ketones is 2. The van der Waals surface area contributed by atoms with E-state index in [-0.39, 0.29) is 11.6 Å². The van der Waals surface area contributed by atoms with Crippen LogP contribution in [0, 0.1) is 5.92 Å². The number of oxime groups is 1. The molecule has 0 aromatic heterocycles. The number of carbonyl (C=O) groups is 2. The lowest BCUT2D eigenvalue weighted by Gasteiger charge is -2.08. The number of carbonyl (C=O) groups excluding carboxylic acids is 2. The van der Waals surface area contributed by atoms with E-state index in [4.69, 9.17) is 4.84 Å². The summed E-state index contributed by atoms with van der Waals surface area (Å²) < 4.78 is 0. The van der Waals surface area contributed by atoms with E-state index in [0.29, 0.717) is 29.9 Å². The molecule has 0 fully saturated rings. The Morgan fingerprint density at radius 2 is 1.72 bits per heavy atom. The molecule has 1 aromatic rings. The van der Waals surface area contributed by atoms with Crippen molar-refractivity contribution in [2.24, 2.45) is 11.1 Å². The van der Waals surface area contributed by atoms with Crippen LogP contribution in [0.2, 0.25) is 0 Å². The highest BCUT2D eigenvalue weighted by atomic mass is 16.6. The van der Waals surface area contributed by atoms with Crippen molar-refractivity contribution in [1.29, 1.82) is 0 Å². The number of nitrogens with zero attached hydrogens (tertiary/aromatic N) is 1. The van der Waals surface area contributed by atoms with Crippen molar-refractivity contribution < 1.29 is 14.4 Å². The molecular formula is C14H15NO3. The highest BCUT2D eigenvalue weighted by Gasteiger charge is 2.41. The molecule has 0 heterocycles. The molecular weight excluding hydrogens is 230 g/mol. The third-order valence-electron chi connectivity index (χ3n) is 2.99. The first-order valence-corrected chi connectivity index (χ1v) is 6.06. The Morgan fingerprint density at radius 1 is 1.17 bits per heavy atom. The van der Waals surface area contributed by atoms with Crippen LogP contribution in [0.15, 0.2) is 29.4 Å². The van der Waals surface area contributed by atoms with Crippen molar-refractivity contribution in [3.8, 4) is 0 Å². The number of Topliss-reactive ketones (excluding diaryl/α,β-unsaturated/α-hetero) is 2. The SMILES string of the molecule is CCO/N=C(\CC)C1C(=O)c2ccccc2C1=O. The number of benzene rings is 1. The lowest BCUT2D eigenvalue weighted by molar-refractivity contribution is 0.0874. The summed E-state index contributed by atoms with van der Waals surface area (Å²) in [5.41, 5.74) is 1.48. The van der Waals surface area contributed by atoms with Gasteiger partial charge in [-0.2, -0.15) is 0 Å². The molecule has 0 radical (unpaired) electrons. The van der Waals surface area contributed by atoms with Crippen molar-refractivity contribution in [2.45, 2.75) is 20.3 Å². The maximum absolute atomic E-state index is 12.2. The van der Waals surface area contributed by atoms with Crippen LogP contribution in [0.25, 0.3) is 0 Å². The van der Waals surface area contributed by atoms with Crippen molar-refractivity contribution in [3.63, 3.8) is 0 Å². The molecule has 0 saturated heterocycles. The normalized spacial score (nSPS) is 16.0. The van der Waals surface area contributed by atoms with Gasteiger partial charge in [-0.1, -0.05) is 36.3 Å². The first-order chi connectivity index (χ1) is 8.70. The molecule has 4 heteroatoms.